The molecule has 0 heterocycles. The molecule has 0 fully saturated rings. The van der Waals surface area contributed by atoms with Crippen molar-refractivity contribution in [1.29, 1.82) is 0 Å². The van der Waals surface area contributed by atoms with E-state index in [4.69, 9.17) is 5.21 Å². The van der Waals surface area contributed by atoms with Gasteiger partial charge in [-0.1, -0.05) is 37.3 Å². The van der Waals surface area contributed by atoms with E-state index in [1.54, 1.807) is 0 Å². The average molecular weight is 149 g/mol. The zero-order chi connectivity index (χ0) is 8.10. The molecule has 0 aliphatic rings. The zero-order valence-electron chi connectivity index (χ0n) is 6.44. The molecule has 1 rings (SSSR count). The number of hydrogen-bond donors (Lipinski definition) is 1. The van der Waals surface area contributed by atoms with Crippen molar-refractivity contribution in [2.75, 3.05) is 0 Å². The second-order valence-corrected chi connectivity index (χ2v) is 2.46. The number of nitrogens with zero attached hydrogens (tertiary/aromatic N) is 1. The minimum Gasteiger partial charge on any atom is -0.411 e. The predicted molar refractivity (Wildman–Crippen MR) is 45.1 cm³/mol. The maximum Gasteiger partial charge on any atom is 0.0507 e. The summed E-state index contributed by atoms with van der Waals surface area (Å²) in [6.07, 6.45) is 1.51. The third-order valence-corrected chi connectivity index (χ3v) is 1.62. The van der Waals surface area contributed by atoms with Gasteiger partial charge in [-0.25, -0.2) is 0 Å². The molecular weight excluding hydrogens is 138 g/mol. The molecule has 11 heavy (non-hydrogen) atoms. The van der Waals surface area contributed by atoms with Crippen molar-refractivity contribution < 1.29 is 5.21 Å². The lowest BCUT2D eigenvalue weighted by Crippen LogP contribution is -1.93. The van der Waals surface area contributed by atoms with E-state index in [0.717, 1.165) is 5.56 Å². The number of hydrogen-bond acceptors (Lipinski definition) is 2. The van der Waals surface area contributed by atoms with E-state index in [1.807, 2.05) is 37.3 Å². The second-order valence-electron chi connectivity index (χ2n) is 2.46. The standard InChI is InChI=1S/C9H11NO/c1-8(7-10-11)9-5-3-2-4-6-9/h2-8,11H,1H3/b10-7-/t8-/m1/s1. The minimum atomic E-state index is 0.182. The summed E-state index contributed by atoms with van der Waals surface area (Å²) in [6, 6.07) is 9.92. The summed E-state index contributed by atoms with van der Waals surface area (Å²) in [4.78, 5) is 0. The lowest BCUT2D eigenvalue weighted by molar-refractivity contribution is 0.320. The summed E-state index contributed by atoms with van der Waals surface area (Å²) >= 11 is 0. The number of oxime groups is 1. The molecule has 0 saturated carbocycles. The smallest absolute Gasteiger partial charge is 0.0507 e. The number of benzene rings is 1. The van der Waals surface area contributed by atoms with Crippen LogP contribution in [0, 0.1) is 0 Å². The average Bonchev–Trinajstić information content (AvgIpc) is 2.07. The Hall–Kier alpha value is -1.31. The van der Waals surface area contributed by atoms with E-state index < -0.39 is 0 Å². The Balaban J connectivity index is 2.76. The Bertz CT molecular complexity index is 231. The molecule has 0 spiro atoms. The molecule has 0 bridgehead atoms. The second kappa shape index (κ2) is 3.76. The Labute approximate surface area is 66.2 Å². The normalized spacial score (nSPS) is 13.5. The van der Waals surface area contributed by atoms with Crippen LogP contribution in [-0.4, -0.2) is 11.4 Å². The monoisotopic (exact) mass is 149 g/mol. The van der Waals surface area contributed by atoms with Crippen molar-refractivity contribution in [2.45, 2.75) is 12.8 Å². The van der Waals surface area contributed by atoms with Crippen molar-refractivity contribution in [3.8, 4) is 0 Å². The summed E-state index contributed by atoms with van der Waals surface area (Å²) in [7, 11) is 0. The summed E-state index contributed by atoms with van der Waals surface area (Å²) in [5.74, 6) is 0.182. The SMILES string of the molecule is C[C@H](/C=N\O)c1ccccc1. The first-order valence-corrected chi connectivity index (χ1v) is 3.57. The van der Waals surface area contributed by atoms with Crippen LogP contribution < -0.4 is 0 Å². The van der Waals surface area contributed by atoms with Crippen LogP contribution >= 0.6 is 0 Å². The maximum absolute atomic E-state index is 8.27. The predicted octanol–water partition coefficient (Wildman–Crippen LogP) is 2.25. The molecule has 0 aliphatic heterocycles. The number of rotatable bonds is 2. The van der Waals surface area contributed by atoms with Gasteiger partial charge in [-0.05, 0) is 5.56 Å². The van der Waals surface area contributed by atoms with E-state index in [0.29, 0.717) is 0 Å². The van der Waals surface area contributed by atoms with Gasteiger partial charge in [0.2, 0.25) is 0 Å². The molecular formula is C9H11NO. The van der Waals surface area contributed by atoms with Gasteiger partial charge in [-0.15, -0.1) is 5.16 Å². The van der Waals surface area contributed by atoms with Crippen molar-refractivity contribution in [2.24, 2.45) is 5.16 Å². The van der Waals surface area contributed by atoms with E-state index in [9.17, 15) is 0 Å². The first kappa shape index (κ1) is 7.79. The lowest BCUT2D eigenvalue weighted by atomic mass is 10.0. The van der Waals surface area contributed by atoms with Crippen molar-refractivity contribution in [1.82, 2.24) is 0 Å². The van der Waals surface area contributed by atoms with E-state index in [1.165, 1.54) is 6.21 Å². The summed E-state index contributed by atoms with van der Waals surface area (Å²) in [5, 5.41) is 11.3. The highest BCUT2D eigenvalue weighted by molar-refractivity contribution is 5.66. The molecule has 2 nitrogen and oxygen atoms in total. The van der Waals surface area contributed by atoms with Gasteiger partial charge in [0.25, 0.3) is 0 Å². The van der Waals surface area contributed by atoms with Crippen LogP contribution in [0.4, 0.5) is 0 Å². The third-order valence-electron chi connectivity index (χ3n) is 1.62. The van der Waals surface area contributed by atoms with Gasteiger partial charge < -0.3 is 5.21 Å². The third kappa shape index (κ3) is 2.08. The molecule has 0 aromatic heterocycles. The van der Waals surface area contributed by atoms with Gasteiger partial charge in [0.1, 0.15) is 0 Å². The highest BCUT2D eigenvalue weighted by Gasteiger charge is 1.99. The molecule has 0 radical (unpaired) electrons. The summed E-state index contributed by atoms with van der Waals surface area (Å²) in [5.41, 5.74) is 1.16. The van der Waals surface area contributed by atoms with E-state index >= 15 is 0 Å². The fourth-order valence-corrected chi connectivity index (χ4v) is 0.943. The summed E-state index contributed by atoms with van der Waals surface area (Å²) in [6.45, 7) is 1.98. The Morgan fingerprint density at radius 3 is 2.55 bits per heavy atom. The molecule has 58 valence electrons. The first-order valence-electron chi connectivity index (χ1n) is 3.57. The molecule has 2 heteroatoms. The minimum absolute atomic E-state index is 0.182. The van der Waals surface area contributed by atoms with Gasteiger partial charge in [0.05, 0.1) is 6.21 Å². The van der Waals surface area contributed by atoms with Crippen LogP contribution in [0.15, 0.2) is 35.5 Å². The molecule has 1 aromatic rings. The molecule has 0 unspecified atom stereocenters. The molecule has 0 aliphatic carbocycles. The maximum atomic E-state index is 8.27. The summed E-state index contributed by atoms with van der Waals surface area (Å²) < 4.78 is 0. The Morgan fingerprint density at radius 1 is 1.36 bits per heavy atom. The van der Waals surface area contributed by atoms with Gasteiger partial charge in [-0.2, -0.15) is 0 Å². The zero-order valence-corrected chi connectivity index (χ0v) is 6.44. The van der Waals surface area contributed by atoms with Gasteiger partial charge in [0.15, 0.2) is 0 Å². The van der Waals surface area contributed by atoms with Crippen molar-refractivity contribution >= 4 is 6.21 Å². The highest BCUT2D eigenvalue weighted by Crippen LogP contribution is 2.11. The molecule has 1 atom stereocenters. The molecule has 1 aromatic carbocycles. The Kier molecular flexibility index (Phi) is 2.66. The van der Waals surface area contributed by atoms with Crippen molar-refractivity contribution in [3.63, 3.8) is 0 Å². The van der Waals surface area contributed by atoms with Crippen LogP contribution in [0.25, 0.3) is 0 Å². The fourth-order valence-electron chi connectivity index (χ4n) is 0.943. The van der Waals surface area contributed by atoms with Crippen LogP contribution in [0.2, 0.25) is 0 Å². The lowest BCUT2D eigenvalue weighted by Gasteiger charge is -2.02. The largest absolute Gasteiger partial charge is 0.411 e. The van der Waals surface area contributed by atoms with E-state index in [-0.39, 0.29) is 5.92 Å². The van der Waals surface area contributed by atoms with Crippen LogP contribution in [0.5, 0.6) is 0 Å². The van der Waals surface area contributed by atoms with Gasteiger partial charge >= 0.3 is 0 Å². The van der Waals surface area contributed by atoms with E-state index in [2.05, 4.69) is 5.16 Å². The van der Waals surface area contributed by atoms with Crippen LogP contribution in [0.3, 0.4) is 0 Å². The topological polar surface area (TPSA) is 32.6 Å². The molecule has 0 saturated heterocycles. The Morgan fingerprint density at radius 2 is 2.00 bits per heavy atom. The first-order chi connectivity index (χ1) is 5.34. The van der Waals surface area contributed by atoms with Crippen LogP contribution in [0.1, 0.15) is 18.4 Å². The molecule has 1 N–H and O–H groups in total. The van der Waals surface area contributed by atoms with Gasteiger partial charge in [0, 0.05) is 5.92 Å². The van der Waals surface area contributed by atoms with Crippen LogP contribution in [-0.2, 0) is 0 Å². The molecule has 0 amide bonds. The van der Waals surface area contributed by atoms with Gasteiger partial charge in [-0.3, -0.25) is 0 Å². The quantitative estimate of drug-likeness (QED) is 0.390. The van der Waals surface area contributed by atoms with Crippen molar-refractivity contribution in [3.05, 3.63) is 35.9 Å². The fraction of sp³-hybridized carbons (Fsp3) is 0.222. The highest BCUT2D eigenvalue weighted by atomic mass is 16.4.